The quantitative estimate of drug-likeness (QED) is 0.0548. The van der Waals surface area contributed by atoms with E-state index in [0.29, 0.717) is 71.7 Å². The van der Waals surface area contributed by atoms with Crippen LogP contribution < -0.4 is 28.4 Å². The minimum absolute atomic E-state index is 0.307. The molecule has 0 aliphatic carbocycles. The lowest BCUT2D eigenvalue weighted by atomic mass is 10.1. The summed E-state index contributed by atoms with van der Waals surface area (Å²) in [5.74, 6) is 0.568. The van der Waals surface area contributed by atoms with Crippen molar-refractivity contribution in [2.45, 2.75) is 24.3 Å². The Balaban J connectivity index is 0.974. The third-order valence-corrected chi connectivity index (χ3v) is 13.3. The monoisotopic (exact) mass is 956 g/mol. The lowest BCUT2D eigenvalue weighted by Gasteiger charge is -2.17. The van der Waals surface area contributed by atoms with Crippen molar-refractivity contribution in [2.75, 3.05) is 84.9 Å². The molecule has 0 amide bonds. The van der Waals surface area contributed by atoms with E-state index in [0.717, 1.165) is 49.6 Å². The molecule has 4 N–H and O–H groups in total. The summed E-state index contributed by atoms with van der Waals surface area (Å²) in [4.78, 5) is 4.23. The van der Waals surface area contributed by atoms with Gasteiger partial charge in [-0.25, -0.2) is 33.7 Å². The molecule has 346 valence electrons. The predicted molar refractivity (Wildman–Crippen MR) is 255 cm³/mol. The Morgan fingerprint density at radius 3 is 0.984 bits per heavy atom. The van der Waals surface area contributed by atoms with Crippen LogP contribution in [0.2, 0.25) is 0 Å². The second-order valence-corrected chi connectivity index (χ2v) is 22.5. The molecule has 64 heavy (non-hydrogen) atoms. The van der Waals surface area contributed by atoms with Crippen LogP contribution in [0.3, 0.4) is 0 Å². The summed E-state index contributed by atoms with van der Waals surface area (Å²) in [5, 5.41) is 0. The molecule has 0 saturated carbocycles. The molecule has 0 unspecified atom stereocenters. The number of hydrogen-bond acceptors (Lipinski definition) is 12. The minimum atomic E-state index is -3.78. The van der Waals surface area contributed by atoms with Crippen LogP contribution in [-0.4, -0.2) is 109 Å². The van der Waals surface area contributed by atoms with Crippen molar-refractivity contribution in [3.05, 3.63) is 144 Å². The normalized spacial score (nSPS) is 12.2. The molecule has 5 aromatic carbocycles. The van der Waals surface area contributed by atoms with Gasteiger partial charge in [-0.3, -0.25) is 18.9 Å². The van der Waals surface area contributed by atoms with Crippen molar-refractivity contribution in [1.29, 1.82) is 0 Å². The largest absolute Gasteiger partial charge is 0.492 e. The molecule has 5 aromatic rings. The van der Waals surface area contributed by atoms with Gasteiger partial charge in [0.2, 0.25) is 40.1 Å². The van der Waals surface area contributed by atoms with Crippen molar-refractivity contribution in [3.63, 3.8) is 0 Å². The van der Waals surface area contributed by atoms with Gasteiger partial charge in [0.05, 0.1) is 24.0 Å². The zero-order chi connectivity index (χ0) is 46.4. The topological polar surface area (TPSA) is 210 Å². The first kappa shape index (κ1) is 49.6. The van der Waals surface area contributed by atoms with Crippen LogP contribution in [0.4, 0.5) is 22.7 Å². The number of anilines is 4. The SMILES string of the molecule is CN(CCOc1ccc(NS(=O)(=O)Cc2ccc(CS(=O)(=O)Nc3ccc(OCCN(C)CCc4ccc(NS(C)(=O)=O)cc4)cc3)cc2)cc1)CCc1ccc(NS(C)(=O)=O)cc1. The zero-order valence-electron chi connectivity index (χ0n) is 36.2. The first-order chi connectivity index (χ1) is 30.2. The van der Waals surface area contributed by atoms with Crippen LogP contribution in [0.1, 0.15) is 22.3 Å². The van der Waals surface area contributed by atoms with Gasteiger partial charge >= 0.3 is 0 Å². The second-order valence-electron chi connectivity index (χ2n) is 15.5. The van der Waals surface area contributed by atoms with E-state index in [1.807, 2.05) is 38.4 Å². The Bertz CT molecular complexity index is 2520. The molecule has 0 radical (unpaired) electrons. The number of ether oxygens (including phenoxy) is 2. The van der Waals surface area contributed by atoms with Gasteiger partial charge < -0.3 is 19.3 Å². The third kappa shape index (κ3) is 18.8. The van der Waals surface area contributed by atoms with Gasteiger partial charge in [-0.1, -0.05) is 48.5 Å². The van der Waals surface area contributed by atoms with E-state index < -0.39 is 40.1 Å². The molecular formula is C44H56N6O10S4. The Labute approximate surface area is 378 Å². The highest BCUT2D eigenvalue weighted by Gasteiger charge is 2.15. The Morgan fingerprint density at radius 2 is 0.672 bits per heavy atom. The lowest BCUT2D eigenvalue weighted by Crippen LogP contribution is -2.26. The summed E-state index contributed by atoms with van der Waals surface area (Å²) in [6.45, 7) is 3.71. The molecule has 0 aromatic heterocycles. The van der Waals surface area contributed by atoms with E-state index in [9.17, 15) is 33.7 Å². The van der Waals surface area contributed by atoms with Crippen LogP contribution in [0.5, 0.6) is 11.5 Å². The van der Waals surface area contributed by atoms with Crippen LogP contribution in [0.25, 0.3) is 0 Å². The van der Waals surface area contributed by atoms with Gasteiger partial charge in [-0.15, -0.1) is 0 Å². The van der Waals surface area contributed by atoms with E-state index >= 15 is 0 Å². The van der Waals surface area contributed by atoms with Gasteiger partial charge in [0, 0.05) is 48.9 Å². The summed E-state index contributed by atoms with van der Waals surface area (Å²) in [5.41, 5.74) is 4.93. The first-order valence-electron chi connectivity index (χ1n) is 20.2. The zero-order valence-corrected chi connectivity index (χ0v) is 39.5. The lowest BCUT2D eigenvalue weighted by molar-refractivity contribution is 0.239. The number of nitrogens with one attached hydrogen (secondary N) is 4. The summed E-state index contributed by atoms with van der Waals surface area (Å²) < 4.78 is 119. The maximum absolute atomic E-state index is 13.0. The fourth-order valence-corrected chi connectivity index (χ4v) is 9.78. The maximum Gasteiger partial charge on any atom is 0.236 e. The third-order valence-electron chi connectivity index (χ3n) is 9.55. The first-order valence-corrected chi connectivity index (χ1v) is 27.3. The molecule has 5 rings (SSSR count). The fraction of sp³-hybridized carbons (Fsp3) is 0.318. The molecular weight excluding hydrogens is 901 g/mol. The van der Waals surface area contributed by atoms with E-state index in [1.165, 1.54) is 0 Å². The molecule has 16 nitrogen and oxygen atoms in total. The number of sulfonamides is 4. The summed E-state index contributed by atoms with van der Waals surface area (Å²) in [6.07, 6.45) is 3.78. The highest BCUT2D eigenvalue weighted by atomic mass is 32.2. The number of likely N-dealkylation sites (N-methyl/N-ethyl adjacent to an activating group) is 2. The number of benzene rings is 5. The fourth-order valence-electron chi connectivity index (χ4n) is 6.25. The number of rotatable bonds is 26. The van der Waals surface area contributed by atoms with Gasteiger partial charge in [-0.05, 0) is 122 Å². The predicted octanol–water partition coefficient (Wildman–Crippen LogP) is 5.42. The van der Waals surface area contributed by atoms with Crippen molar-refractivity contribution in [1.82, 2.24) is 9.80 Å². The Kier molecular flexibility index (Phi) is 17.4. The molecule has 0 atom stereocenters. The average molecular weight is 957 g/mol. The molecule has 0 aliphatic heterocycles. The highest BCUT2D eigenvalue weighted by Crippen LogP contribution is 2.21. The van der Waals surface area contributed by atoms with Gasteiger partial charge in [0.15, 0.2) is 0 Å². The van der Waals surface area contributed by atoms with E-state index in [2.05, 4.69) is 28.7 Å². The molecule has 0 fully saturated rings. The van der Waals surface area contributed by atoms with E-state index in [1.54, 1.807) is 97.1 Å². The Hall–Kier alpha value is -5.38. The molecule has 0 saturated heterocycles. The smallest absolute Gasteiger partial charge is 0.236 e. The van der Waals surface area contributed by atoms with Crippen molar-refractivity contribution in [3.8, 4) is 11.5 Å². The van der Waals surface area contributed by atoms with Crippen LogP contribution >= 0.6 is 0 Å². The van der Waals surface area contributed by atoms with Gasteiger partial charge in [0.25, 0.3) is 0 Å². The van der Waals surface area contributed by atoms with Gasteiger partial charge in [0.1, 0.15) is 24.7 Å². The summed E-state index contributed by atoms with van der Waals surface area (Å²) >= 11 is 0. The van der Waals surface area contributed by atoms with Crippen LogP contribution in [0, 0.1) is 0 Å². The molecule has 20 heteroatoms. The minimum Gasteiger partial charge on any atom is -0.492 e. The molecule has 0 aliphatic rings. The summed E-state index contributed by atoms with van der Waals surface area (Å²) in [7, 11) is -10.2. The molecule has 0 bridgehead atoms. The maximum atomic E-state index is 13.0. The van der Waals surface area contributed by atoms with Crippen LogP contribution in [-0.2, 0) is 64.4 Å². The number of nitrogens with zero attached hydrogens (tertiary/aromatic N) is 2. The van der Waals surface area contributed by atoms with Crippen molar-refractivity contribution in [2.24, 2.45) is 0 Å². The number of hydrogen-bond donors (Lipinski definition) is 4. The highest BCUT2D eigenvalue weighted by molar-refractivity contribution is 7.92. The second kappa shape index (κ2) is 22.5. The molecule has 0 heterocycles. The van der Waals surface area contributed by atoms with Crippen molar-refractivity contribution < 1.29 is 43.1 Å². The standard InChI is InChI=1S/C44H56N6O10S4/c1-49(27-25-35-9-13-39(14-10-35)45-61(3,51)52)29-31-59-43-21-17-41(18-22-43)47-63(55,56)33-37-5-7-38(8-6-37)34-64(57,58)48-42-19-23-44(24-20-42)60-32-30-50(2)28-26-36-11-15-40(16-12-36)46-62(4,53)54/h5-24,45-48H,25-34H2,1-4H3. The van der Waals surface area contributed by atoms with E-state index in [-0.39, 0.29) is 11.5 Å². The average Bonchev–Trinajstić information content (AvgIpc) is 3.21. The van der Waals surface area contributed by atoms with Crippen molar-refractivity contribution >= 4 is 62.8 Å². The van der Waals surface area contributed by atoms with E-state index in [4.69, 9.17) is 9.47 Å². The van der Waals surface area contributed by atoms with Crippen LogP contribution in [0.15, 0.2) is 121 Å². The Morgan fingerprint density at radius 1 is 0.391 bits per heavy atom. The van der Waals surface area contributed by atoms with Gasteiger partial charge in [-0.2, -0.15) is 0 Å². The molecule has 0 spiro atoms. The summed E-state index contributed by atoms with van der Waals surface area (Å²) in [6, 6.07) is 34.1.